The molecular formula is C17H25NO2S. The molecule has 1 saturated carbocycles. The number of rotatable bonds is 3. The molecule has 116 valence electrons. The molecule has 1 saturated heterocycles. The van der Waals surface area contributed by atoms with Crippen molar-refractivity contribution in [3.63, 3.8) is 0 Å². The Balaban J connectivity index is 1.76. The molecule has 1 N–H and O–H groups in total. The Morgan fingerprint density at radius 2 is 1.48 bits per heavy atom. The predicted octanol–water partition coefficient (Wildman–Crippen LogP) is 3.26. The largest absolute Gasteiger partial charge is 0.317 e. The third-order valence-corrected chi connectivity index (χ3v) is 7.29. The van der Waals surface area contributed by atoms with Crippen LogP contribution in [0, 0.1) is 0 Å². The fraction of sp³-hybridized carbons (Fsp3) is 0.647. The van der Waals surface area contributed by atoms with Crippen LogP contribution in [0.4, 0.5) is 0 Å². The molecule has 1 aromatic carbocycles. The molecule has 0 atom stereocenters. The van der Waals surface area contributed by atoms with E-state index >= 15 is 0 Å². The van der Waals surface area contributed by atoms with Gasteiger partial charge < -0.3 is 5.32 Å². The van der Waals surface area contributed by atoms with E-state index in [2.05, 4.69) is 5.32 Å². The van der Waals surface area contributed by atoms with Crippen molar-refractivity contribution in [1.29, 1.82) is 0 Å². The molecule has 2 fully saturated rings. The van der Waals surface area contributed by atoms with Gasteiger partial charge in [0.25, 0.3) is 0 Å². The molecule has 3 rings (SSSR count). The maximum Gasteiger partial charge on any atom is 0.181 e. The summed E-state index contributed by atoms with van der Waals surface area (Å²) in [5.74, 6) is 0.634. The van der Waals surface area contributed by atoms with E-state index in [9.17, 15) is 8.42 Å². The van der Waals surface area contributed by atoms with Crippen LogP contribution in [-0.2, 0) is 9.84 Å². The van der Waals surface area contributed by atoms with Crippen LogP contribution >= 0.6 is 0 Å². The first kappa shape index (κ1) is 15.0. The van der Waals surface area contributed by atoms with Gasteiger partial charge in [-0.25, -0.2) is 8.42 Å². The van der Waals surface area contributed by atoms with Gasteiger partial charge in [-0.15, -0.1) is 0 Å². The van der Waals surface area contributed by atoms with Gasteiger partial charge in [0.05, 0.1) is 10.1 Å². The number of hydrogen-bond donors (Lipinski definition) is 1. The third kappa shape index (κ3) is 3.32. The standard InChI is InChI=1S/C17H25NO2S/c19-21(20,17-10-12-18-13-11-17)16-8-6-15(7-9-16)14-4-2-1-3-5-14/h6-9,14,17-18H,1-5,10-13H2. The van der Waals surface area contributed by atoms with Crippen LogP contribution in [0.5, 0.6) is 0 Å². The maximum atomic E-state index is 12.6. The van der Waals surface area contributed by atoms with Gasteiger partial charge in [-0.05, 0) is 62.4 Å². The summed E-state index contributed by atoms with van der Waals surface area (Å²) in [6.45, 7) is 1.62. The molecule has 0 bridgehead atoms. The summed E-state index contributed by atoms with van der Waals surface area (Å²) < 4.78 is 25.3. The lowest BCUT2D eigenvalue weighted by Gasteiger charge is -2.24. The second-order valence-corrected chi connectivity index (χ2v) is 8.63. The Labute approximate surface area is 128 Å². The topological polar surface area (TPSA) is 46.2 Å². The van der Waals surface area contributed by atoms with E-state index in [1.807, 2.05) is 24.3 Å². The lowest BCUT2D eigenvalue weighted by Crippen LogP contribution is -2.35. The van der Waals surface area contributed by atoms with Crippen molar-refractivity contribution < 1.29 is 8.42 Å². The molecular weight excluding hydrogens is 282 g/mol. The number of piperidine rings is 1. The Hall–Kier alpha value is -0.870. The van der Waals surface area contributed by atoms with E-state index in [4.69, 9.17) is 0 Å². The SMILES string of the molecule is O=S(=O)(c1ccc(C2CCCCC2)cc1)C1CCNCC1. The first-order valence-electron chi connectivity index (χ1n) is 8.22. The Morgan fingerprint density at radius 1 is 0.857 bits per heavy atom. The van der Waals surface area contributed by atoms with E-state index in [0.29, 0.717) is 10.8 Å². The molecule has 1 heterocycles. The van der Waals surface area contributed by atoms with Crippen molar-refractivity contribution in [2.45, 2.75) is 61.0 Å². The Morgan fingerprint density at radius 3 is 2.10 bits per heavy atom. The van der Waals surface area contributed by atoms with E-state index < -0.39 is 9.84 Å². The van der Waals surface area contributed by atoms with Gasteiger partial charge in [0.2, 0.25) is 0 Å². The van der Waals surface area contributed by atoms with Crippen molar-refractivity contribution >= 4 is 9.84 Å². The van der Waals surface area contributed by atoms with Crippen molar-refractivity contribution in [3.05, 3.63) is 29.8 Å². The van der Waals surface area contributed by atoms with E-state index in [1.54, 1.807) is 0 Å². The van der Waals surface area contributed by atoms with Crippen molar-refractivity contribution in [2.24, 2.45) is 0 Å². The minimum atomic E-state index is -3.15. The van der Waals surface area contributed by atoms with Crippen LogP contribution in [0.1, 0.15) is 56.4 Å². The highest BCUT2D eigenvalue weighted by atomic mass is 32.2. The second kappa shape index (κ2) is 6.49. The van der Waals surface area contributed by atoms with Crippen molar-refractivity contribution in [2.75, 3.05) is 13.1 Å². The zero-order valence-corrected chi connectivity index (χ0v) is 13.4. The lowest BCUT2D eigenvalue weighted by atomic mass is 9.84. The van der Waals surface area contributed by atoms with Gasteiger partial charge in [0, 0.05) is 0 Å². The molecule has 1 aliphatic carbocycles. The summed E-state index contributed by atoms with van der Waals surface area (Å²) in [7, 11) is -3.15. The van der Waals surface area contributed by atoms with Gasteiger partial charge in [-0.3, -0.25) is 0 Å². The van der Waals surface area contributed by atoms with E-state index in [1.165, 1.54) is 37.7 Å². The molecule has 0 amide bonds. The van der Waals surface area contributed by atoms with Crippen molar-refractivity contribution in [1.82, 2.24) is 5.32 Å². The van der Waals surface area contributed by atoms with Gasteiger partial charge >= 0.3 is 0 Å². The normalized spacial score (nSPS) is 22.3. The number of benzene rings is 1. The molecule has 0 aromatic heterocycles. The Kier molecular flexibility index (Phi) is 4.65. The number of sulfone groups is 1. The molecule has 2 aliphatic rings. The molecule has 3 nitrogen and oxygen atoms in total. The summed E-state index contributed by atoms with van der Waals surface area (Å²) in [4.78, 5) is 0.508. The molecule has 1 aromatic rings. The van der Waals surface area contributed by atoms with Crippen LogP contribution in [-0.4, -0.2) is 26.8 Å². The van der Waals surface area contributed by atoms with Gasteiger partial charge in [0.1, 0.15) is 0 Å². The number of nitrogens with one attached hydrogen (secondary N) is 1. The van der Waals surface area contributed by atoms with E-state index in [0.717, 1.165) is 25.9 Å². The highest BCUT2D eigenvalue weighted by Crippen LogP contribution is 2.33. The summed E-state index contributed by atoms with van der Waals surface area (Å²) in [6.07, 6.45) is 7.92. The maximum absolute atomic E-state index is 12.6. The average Bonchev–Trinajstić information content (AvgIpc) is 2.57. The summed E-state index contributed by atoms with van der Waals surface area (Å²) >= 11 is 0. The first-order valence-corrected chi connectivity index (χ1v) is 9.77. The Bertz CT molecular complexity index is 553. The van der Waals surface area contributed by atoms with Crippen LogP contribution in [0.25, 0.3) is 0 Å². The minimum absolute atomic E-state index is 0.209. The van der Waals surface area contributed by atoms with Crippen LogP contribution < -0.4 is 5.32 Å². The molecule has 0 unspecified atom stereocenters. The monoisotopic (exact) mass is 307 g/mol. The molecule has 1 aliphatic heterocycles. The van der Waals surface area contributed by atoms with Crippen molar-refractivity contribution in [3.8, 4) is 0 Å². The smallest absolute Gasteiger partial charge is 0.181 e. The second-order valence-electron chi connectivity index (χ2n) is 6.40. The molecule has 0 spiro atoms. The summed E-state index contributed by atoms with van der Waals surface area (Å²) in [5.41, 5.74) is 1.32. The fourth-order valence-corrected chi connectivity index (χ4v) is 5.42. The van der Waals surface area contributed by atoms with Gasteiger partial charge in [0.15, 0.2) is 9.84 Å². The lowest BCUT2D eigenvalue weighted by molar-refractivity contribution is 0.443. The predicted molar refractivity (Wildman–Crippen MR) is 85.3 cm³/mol. The summed E-state index contributed by atoms with van der Waals surface area (Å²) in [5, 5.41) is 3.02. The van der Waals surface area contributed by atoms with Gasteiger partial charge in [-0.1, -0.05) is 31.4 Å². The first-order chi connectivity index (χ1) is 10.2. The van der Waals surface area contributed by atoms with Crippen LogP contribution in [0.3, 0.4) is 0 Å². The molecule has 21 heavy (non-hydrogen) atoms. The average molecular weight is 307 g/mol. The number of hydrogen-bond acceptors (Lipinski definition) is 3. The summed E-state index contributed by atoms with van der Waals surface area (Å²) in [6, 6.07) is 7.76. The fourth-order valence-electron chi connectivity index (χ4n) is 3.66. The molecule has 0 radical (unpaired) electrons. The molecule has 4 heteroatoms. The quantitative estimate of drug-likeness (QED) is 0.932. The highest BCUT2D eigenvalue weighted by molar-refractivity contribution is 7.92. The zero-order chi connectivity index (χ0) is 14.7. The zero-order valence-electron chi connectivity index (χ0n) is 12.6. The van der Waals surface area contributed by atoms with E-state index in [-0.39, 0.29) is 5.25 Å². The van der Waals surface area contributed by atoms with Crippen LogP contribution in [0.15, 0.2) is 29.2 Å². The minimum Gasteiger partial charge on any atom is -0.317 e. The van der Waals surface area contributed by atoms with Gasteiger partial charge in [-0.2, -0.15) is 0 Å². The highest BCUT2D eigenvalue weighted by Gasteiger charge is 2.29. The van der Waals surface area contributed by atoms with Crippen LogP contribution in [0.2, 0.25) is 0 Å². The third-order valence-electron chi connectivity index (χ3n) is 5.01.